The Balaban J connectivity index is 1.12. The van der Waals surface area contributed by atoms with E-state index in [0.717, 1.165) is 44.5 Å². The first kappa shape index (κ1) is 17.8. The van der Waals surface area contributed by atoms with Gasteiger partial charge in [-0.05, 0) is 66.9 Å². The number of pyridine rings is 1. The average Bonchev–Trinajstić information content (AvgIpc) is 3.27. The molecule has 0 bridgehead atoms. The molecule has 1 N–H and O–H groups in total. The Kier molecular flexibility index (Phi) is 4.65. The minimum absolute atomic E-state index is 0.204. The number of carbonyl (C=O) groups excluding carboxylic acids is 1. The molecule has 2 fully saturated rings. The summed E-state index contributed by atoms with van der Waals surface area (Å²) < 4.78 is 1.37. The average molecular weight is 392 g/mol. The molecule has 1 aliphatic heterocycles. The summed E-state index contributed by atoms with van der Waals surface area (Å²) in [6.45, 7) is 3.81. The number of likely N-dealkylation sites (tertiary alicyclic amines) is 1. The zero-order valence-electron chi connectivity index (χ0n) is 15.9. The van der Waals surface area contributed by atoms with Crippen LogP contribution in [0.5, 0.6) is 0 Å². The highest BCUT2D eigenvalue weighted by Gasteiger charge is 2.58. The molecule has 28 heavy (non-hydrogen) atoms. The molecule has 1 saturated heterocycles. The number of aromatic nitrogens is 1. The fourth-order valence-electron chi connectivity index (χ4n) is 4.58. The molecule has 1 amide bonds. The van der Waals surface area contributed by atoms with Gasteiger partial charge in [0, 0.05) is 41.0 Å². The molecule has 2 aromatic heterocycles. The zero-order chi connectivity index (χ0) is 19.0. The van der Waals surface area contributed by atoms with Gasteiger partial charge in [0.15, 0.2) is 0 Å². The molecule has 1 aromatic carbocycles. The van der Waals surface area contributed by atoms with Crippen molar-refractivity contribution in [3.8, 4) is 0 Å². The van der Waals surface area contributed by atoms with E-state index in [4.69, 9.17) is 0 Å². The lowest BCUT2D eigenvalue weighted by atomic mass is 9.90. The molecule has 1 saturated carbocycles. The van der Waals surface area contributed by atoms with Crippen molar-refractivity contribution in [1.29, 1.82) is 0 Å². The highest BCUT2D eigenvalue weighted by Crippen LogP contribution is 2.59. The van der Waals surface area contributed by atoms with Crippen LogP contribution in [0.25, 0.3) is 10.1 Å². The Hall–Kier alpha value is -2.24. The Morgan fingerprint density at radius 3 is 2.86 bits per heavy atom. The van der Waals surface area contributed by atoms with Gasteiger partial charge in [0.25, 0.3) is 0 Å². The molecule has 5 heteroatoms. The summed E-state index contributed by atoms with van der Waals surface area (Å²) >= 11 is 1.91. The standard InChI is InChI=1S/C23H25N3OS/c27-22(25-15-17-4-3-9-24-14-17)20-13-23(20)7-10-26(11-8-23)16-19-12-18-5-1-2-6-21(18)28-19/h1-6,9,12,14,20H,7-8,10-11,13,15-16H2,(H,25,27). The summed E-state index contributed by atoms with van der Waals surface area (Å²) in [6, 6.07) is 14.9. The van der Waals surface area contributed by atoms with Gasteiger partial charge in [-0.2, -0.15) is 0 Å². The highest BCUT2D eigenvalue weighted by atomic mass is 32.1. The molecule has 1 atom stereocenters. The maximum absolute atomic E-state index is 12.6. The second-order valence-corrected chi connectivity index (χ2v) is 9.39. The van der Waals surface area contributed by atoms with Crippen LogP contribution in [-0.2, 0) is 17.9 Å². The zero-order valence-corrected chi connectivity index (χ0v) is 16.8. The number of hydrogen-bond donors (Lipinski definition) is 1. The van der Waals surface area contributed by atoms with E-state index < -0.39 is 0 Å². The summed E-state index contributed by atoms with van der Waals surface area (Å²) in [5.74, 6) is 0.428. The van der Waals surface area contributed by atoms with Gasteiger partial charge < -0.3 is 5.32 Å². The normalized spacial score (nSPS) is 21.1. The van der Waals surface area contributed by atoms with Crippen LogP contribution in [-0.4, -0.2) is 28.9 Å². The number of amides is 1. The fraction of sp³-hybridized carbons (Fsp3) is 0.391. The lowest BCUT2D eigenvalue weighted by Gasteiger charge is -2.32. The van der Waals surface area contributed by atoms with Crippen LogP contribution in [0.15, 0.2) is 54.9 Å². The predicted molar refractivity (Wildman–Crippen MR) is 113 cm³/mol. The van der Waals surface area contributed by atoms with Crippen molar-refractivity contribution in [3.05, 3.63) is 65.3 Å². The summed E-state index contributed by atoms with van der Waals surface area (Å²) in [6.07, 6.45) is 6.91. The van der Waals surface area contributed by atoms with Crippen LogP contribution in [0.1, 0.15) is 29.7 Å². The Labute approximate surface area is 169 Å². The first-order valence-corrected chi connectivity index (χ1v) is 10.9. The maximum atomic E-state index is 12.6. The van der Waals surface area contributed by atoms with Gasteiger partial charge in [0.1, 0.15) is 0 Å². The van der Waals surface area contributed by atoms with E-state index in [1.807, 2.05) is 29.7 Å². The monoisotopic (exact) mass is 391 g/mol. The van der Waals surface area contributed by atoms with Crippen LogP contribution in [0, 0.1) is 11.3 Å². The number of thiophene rings is 1. The lowest BCUT2D eigenvalue weighted by Crippen LogP contribution is -2.36. The molecule has 2 aliphatic rings. The van der Waals surface area contributed by atoms with Crippen LogP contribution in [0.4, 0.5) is 0 Å². The van der Waals surface area contributed by atoms with Gasteiger partial charge in [-0.15, -0.1) is 11.3 Å². The van der Waals surface area contributed by atoms with E-state index in [1.165, 1.54) is 15.0 Å². The molecule has 1 aliphatic carbocycles. The quantitative estimate of drug-likeness (QED) is 0.708. The first-order valence-electron chi connectivity index (χ1n) is 10.1. The molecule has 1 unspecified atom stereocenters. The number of carbonyl (C=O) groups is 1. The van der Waals surface area contributed by atoms with Crippen LogP contribution in [0.3, 0.4) is 0 Å². The highest BCUT2D eigenvalue weighted by molar-refractivity contribution is 7.19. The molecule has 144 valence electrons. The molecule has 3 aromatic rings. The molecule has 1 spiro atoms. The third-order valence-corrected chi connectivity index (χ3v) is 7.50. The number of fused-ring (bicyclic) bond motifs is 1. The van der Waals surface area contributed by atoms with Gasteiger partial charge in [-0.25, -0.2) is 0 Å². The van der Waals surface area contributed by atoms with Crippen molar-refractivity contribution in [2.45, 2.75) is 32.4 Å². The van der Waals surface area contributed by atoms with Crippen molar-refractivity contribution < 1.29 is 4.79 Å². The number of nitrogens with zero attached hydrogens (tertiary/aromatic N) is 2. The number of hydrogen-bond acceptors (Lipinski definition) is 4. The Bertz CT molecular complexity index is 943. The number of nitrogens with one attached hydrogen (secondary N) is 1. The van der Waals surface area contributed by atoms with E-state index in [1.54, 1.807) is 6.20 Å². The molecule has 5 rings (SSSR count). The van der Waals surface area contributed by atoms with Gasteiger partial charge >= 0.3 is 0 Å². The van der Waals surface area contributed by atoms with E-state index in [2.05, 4.69) is 45.5 Å². The van der Waals surface area contributed by atoms with Crippen LogP contribution >= 0.6 is 11.3 Å². The number of rotatable bonds is 5. The van der Waals surface area contributed by atoms with Gasteiger partial charge in [-0.3, -0.25) is 14.7 Å². The molecular weight excluding hydrogens is 366 g/mol. The second-order valence-electron chi connectivity index (χ2n) is 8.22. The minimum atomic E-state index is 0.204. The fourth-order valence-corrected chi connectivity index (χ4v) is 5.68. The first-order chi connectivity index (χ1) is 13.7. The van der Waals surface area contributed by atoms with E-state index in [0.29, 0.717) is 6.54 Å². The summed E-state index contributed by atoms with van der Waals surface area (Å²) in [4.78, 5) is 20.7. The topological polar surface area (TPSA) is 45.2 Å². The van der Waals surface area contributed by atoms with E-state index in [9.17, 15) is 4.79 Å². The third-order valence-electron chi connectivity index (χ3n) is 6.40. The van der Waals surface area contributed by atoms with Crippen LogP contribution < -0.4 is 5.32 Å². The van der Waals surface area contributed by atoms with Crippen molar-refractivity contribution >= 4 is 27.3 Å². The summed E-state index contributed by atoms with van der Waals surface area (Å²) in [7, 11) is 0. The molecule has 0 radical (unpaired) electrons. The number of benzene rings is 1. The number of piperidine rings is 1. The van der Waals surface area contributed by atoms with Gasteiger partial charge in [0.05, 0.1) is 0 Å². The largest absolute Gasteiger partial charge is 0.352 e. The van der Waals surface area contributed by atoms with Crippen molar-refractivity contribution in [1.82, 2.24) is 15.2 Å². The third kappa shape index (κ3) is 3.56. The predicted octanol–water partition coefficient (Wildman–Crippen LogP) is 4.21. The van der Waals surface area contributed by atoms with Crippen molar-refractivity contribution in [3.63, 3.8) is 0 Å². The lowest BCUT2D eigenvalue weighted by molar-refractivity contribution is -0.123. The maximum Gasteiger partial charge on any atom is 0.223 e. The van der Waals surface area contributed by atoms with Crippen LogP contribution in [0.2, 0.25) is 0 Å². The molecule has 4 nitrogen and oxygen atoms in total. The SMILES string of the molecule is O=C(NCc1cccnc1)C1CC12CCN(Cc1cc3ccccc3s1)CC2. The minimum Gasteiger partial charge on any atom is -0.352 e. The van der Waals surface area contributed by atoms with Crippen molar-refractivity contribution in [2.24, 2.45) is 11.3 Å². The van der Waals surface area contributed by atoms with Gasteiger partial charge in [-0.1, -0.05) is 24.3 Å². The summed E-state index contributed by atoms with van der Waals surface area (Å²) in [5, 5.41) is 4.46. The molecule has 3 heterocycles. The summed E-state index contributed by atoms with van der Waals surface area (Å²) in [5.41, 5.74) is 1.32. The van der Waals surface area contributed by atoms with E-state index in [-0.39, 0.29) is 17.2 Å². The van der Waals surface area contributed by atoms with E-state index >= 15 is 0 Å². The molecular formula is C23H25N3OS. The van der Waals surface area contributed by atoms with Crippen molar-refractivity contribution in [2.75, 3.05) is 13.1 Å². The second kappa shape index (κ2) is 7.30. The van der Waals surface area contributed by atoms with Gasteiger partial charge in [0.2, 0.25) is 5.91 Å². The smallest absolute Gasteiger partial charge is 0.223 e. The Morgan fingerprint density at radius 1 is 1.21 bits per heavy atom. The Morgan fingerprint density at radius 2 is 2.07 bits per heavy atom.